The van der Waals surface area contributed by atoms with E-state index >= 15 is 0 Å². The van der Waals surface area contributed by atoms with Crippen LogP contribution in [0.5, 0.6) is 0 Å². The van der Waals surface area contributed by atoms with Crippen LogP contribution in [0, 0.1) is 0 Å². The molecule has 2 rings (SSSR count). The molecule has 2 unspecified atom stereocenters. The summed E-state index contributed by atoms with van der Waals surface area (Å²) in [4.78, 5) is 14.1. The molecule has 6 heteroatoms. The van der Waals surface area contributed by atoms with Crippen molar-refractivity contribution in [3.8, 4) is 0 Å². The van der Waals surface area contributed by atoms with Gasteiger partial charge in [0.25, 0.3) is 0 Å². The predicted octanol–water partition coefficient (Wildman–Crippen LogP) is 4.30. The van der Waals surface area contributed by atoms with E-state index in [1.165, 1.54) is 31.4 Å². The van der Waals surface area contributed by atoms with Crippen molar-refractivity contribution in [3.05, 3.63) is 0 Å². The number of unbranched alkanes of at least 4 members (excludes halogenated alkanes) is 1. The monoisotopic (exact) mass is 360 g/mol. The summed E-state index contributed by atoms with van der Waals surface area (Å²) in [6.45, 7) is 10.3. The van der Waals surface area contributed by atoms with Crippen LogP contribution in [0.2, 0.25) is 0 Å². The Morgan fingerprint density at radius 1 is 1.39 bits per heavy atom. The Bertz CT molecular complexity index is 395. The molecule has 2 fully saturated rings. The summed E-state index contributed by atoms with van der Waals surface area (Å²) in [6, 6.07) is 0. The van der Waals surface area contributed by atoms with Crippen LogP contribution >= 0.6 is 21.6 Å². The summed E-state index contributed by atoms with van der Waals surface area (Å²) in [5.74, 6) is 1.32. The lowest BCUT2D eigenvalue weighted by Crippen LogP contribution is -2.60. The Morgan fingerprint density at radius 3 is 2.83 bits per heavy atom. The van der Waals surface area contributed by atoms with Crippen LogP contribution in [-0.2, 0) is 4.74 Å². The summed E-state index contributed by atoms with van der Waals surface area (Å²) in [6.07, 6.45) is 6.18. The molecule has 23 heavy (non-hydrogen) atoms. The first kappa shape index (κ1) is 19.3. The highest BCUT2D eigenvalue weighted by atomic mass is 33.1. The van der Waals surface area contributed by atoms with Gasteiger partial charge in [-0.15, -0.1) is 0 Å². The molecule has 2 heterocycles. The van der Waals surface area contributed by atoms with Crippen molar-refractivity contribution in [2.45, 2.75) is 76.2 Å². The number of ether oxygens (including phenoxy) is 1. The third-order valence-corrected chi connectivity index (χ3v) is 7.36. The molecule has 0 bridgehead atoms. The summed E-state index contributed by atoms with van der Waals surface area (Å²) in [7, 11) is 4.09. The maximum atomic E-state index is 12.3. The maximum absolute atomic E-state index is 12.3. The van der Waals surface area contributed by atoms with Gasteiger partial charge in [0.15, 0.2) is 0 Å². The lowest BCUT2D eigenvalue weighted by molar-refractivity contribution is 0.0127. The average Bonchev–Trinajstić information content (AvgIpc) is 2.95. The molecule has 4 nitrogen and oxygen atoms in total. The van der Waals surface area contributed by atoms with Gasteiger partial charge in [-0.2, -0.15) is 0 Å². The molecule has 2 atom stereocenters. The van der Waals surface area contributed by atoms with E-state index in [2.05, 4.69) is 23.0 Å². The van der Waals surface area contributed by atoms with Crippen molar-refractivity contribution in [2.24, 2.45) is 0 Å². The van der Waals surface area contributed by atoms with E-state index in [0.29, 0.717) is 0 Å². The number of carbonyl (C=O) groups is 1. The molecule has 2 aliphatic rings. The summed E-state index contributed by atoms with van der Waals surface area (Å²) in [5, 5.41) is 4.48. The molecule has 1 N–H and O–H groups in total. The number of hydrogen-bond acceptors (Lipinski definition) is 5. The zero-order valence-corrected chi connectivity index (χ0v) is 16.7. The SMILES string of the molecule is CC1(CCCCC2CCSS2)CN(C(=O)OC(C)(C)C)CCN1. The Balaban J connectivity index is 1.73. The minimum absolute atomic E-state index is 0.0206. The number of carbonyl (C=O) groups excluding carboxylic acids is 1. The van der Waals surface area contributed by atoms with Crippen molar-refractivity contribution < 1.29 is 9.53 Å². The third-order valence-electron chi connectivity index (χ3n) is 4.36. The van der Waals surface area contributed by atoms with Crippen molar-refractivity contribution >= 4 is 27.7 Å². The van der Waals surface area contributed by atoms with Crippen molar-refractivity contribution in [2.75, 3.05) is 25.4 Å². The number of rotatable bonds is 5. The molecule has 0 saturated carbocycles. The van der Waals surface area contributed by atoms with Gasteiger partial charge in [-0.1, -0.05) is 34.4 Å². The topological polar surface area (TPSA) is 41.6 Å². The molecular formula is C17H32N2O2S2. The van der Waals surface area contributed by atoms with Gasteiger partial charge in [-0.25, -0.2) is 4.79 Å². The van der Waals surface area contributed by atoms with E-state index in [-0.39, 0.29) is 11.6 Å². The summed E-state index contributed by atoms with van der Waals surface area (Å²) in [5.41, 5.74) is -0.401. The molecule has 134 valence electrons. The van der Waals surface area contributed by atoms with Crippen LogP contribution < -0.4 is 5.32 Å². The molecule has 2 saturated heterocycles. The van der Waals surface area contributed by atoms with Gasteiger partial charge in [0.2, 0.25) is 0 Å². The van der Waals surface area contributed by atoms with E-state index in [0.717, 1.165) is 31.3 Å². The van der Waals surface area contributed by atoms with Gasteiger partial charge >= 0.3 is 6.09 Å². The highest BCUT2D eigenvalue weighted by molar-refractivity contribution is 8.77. The van der Waals surface area contributed by atoms with Crippen LogP contribution in [0.4, 0.5) is 4.79 Å². The van der Waals surface area contributed by atoms with Crippen LogP contribution in [0.25, 0.3) is 0 Å². The predicted molar refractivity (Wildman–Crippen MR) is 101 cm³/mol. The minimum Gasteiger partial charge on any atom is -0.444 e. The van der Waals surface area contributed by atoms with Crippen molar-refractivity contribution in [1.82, 2.24) is 10.2 Å². The number of piperazine rings is 1. The van der Waals surface area contributed by atoms with Gasteiger partial charge in [-0.3, -0.25) is 0 Å². The normalized spacial score (nSPS) is 28.9. The minimum atomic E-state index is -0.421. The van der Waals surface area contributed by atoms with Crippen LogP contribution in [0.1, 0.15) is 59.8 Å². The molecule has 0 aromatic carbocycles. The standard InChI is InChI=1S/C17H32N2O2S2/c1-16(2,3)21-15(20)19-11-10-18-17(4,13-19)9-6-5-7-14-8-12-22-23-14/h14,18H,5-13H2,1-4H3. The first-order valence-electron chi connectivity index (χ1n) is 8.79. The van der Waals surface area contributed by atoms with Gasteiger partial charge in [0, 0.05) is 36.2 Å². The van der Waals surface area contributed by atoms with E-state index in [4.69, 9.17) is 4.74 Å². The zero-order valence-electron chi connectivity index (χ0n) is 15.0. The highest BCUT2D eigenvalue weighted by Gasteiger charge is 2.34. The molecule has 0 aromatic rings. The fourth-order valence-electron chi connectivity index (χ4n) is 3.15. The third kappa shape index (κ3) is 6.75. The van der Waals surface area contributed by atoms with Crippen LogP contribution in [0.3, 0.4) is 0 Å². The summed E-state index contributed by atoms with van der Waals surface area (Å²) < 4.78 is 5.52. The fraction of sp³-hybridized carbons (Fsp3) is 0.941. The lowest BCUT2D eigenvalue weighted by Gasteiger charge is -2.42. The molecule has 0 spiro atoms. The second kappa shape index (κ2) is 8.34. The van der Waals surface area contributed by atoms with E-state index in [1.54, 1.807) is 0 Å². The van der Waals surface area contributed by atoms with E-state index in [9.17, 15) is 4.79 Å². The van der Waals surface area contributed by atoms with Crippen molar-refractivity contribution in [1.29, 1.82) is 0 Å². The molecular weight excluding hydrogens is 328 g/mol. The number of amides is 1. The zero-order chi connectivity index (χ0) is 16.9. The molecule has 1 amide bonds. The Kier molecular flexibility index (Phi) is 6.99. The van der Waals surface area contributed by atoms with Gasteiger partial charge < -0.3 is 15.0 Å². The number of nitrogens with one attached hydrogen (secondary N) is 1. The Hall–Kier alpha value is -0.0700. The van der Waals surface area contributed by atoms with Gasteiger partial charge in [0.05, 0.1) is 0 Å². The Morgan fingerprint density at radius 2 is 2.17 bits per heavy atom. The van der Waals surface area contributed by atoms with Crippen molar-refractivity contribution in [3.63, 3.8) is 0 Å². The Labute approximate surface area is 149 Å². The average molecular weight is 361 g/mol. The molecule has 2 aliphatic heterocycles. The second-order valence-corrected chi connectivity index (χ2v) is 10.8. The molecule has 0 aromatic heterocycles. The first-order chi connectivity index (χ1) is 10.8. The van der Waals surface area contributed by atoms with E-state index < -0.39 is 5.60 Å². The van der Waals surface area contributed by atoms with Crippen LogP contribution in [0.15, 0.2) is 0 Å². The first-order valence-corrected chi connectivity index (χ1v) is 11.2. The van der Waals surface area contributed by atoms with Gasteiger partial charge in [0.1, 0.15) is 5.60 Å². The van der Waals surface area contributed by atoms with E-state index in [1.807, 2.05) is 36.5 Å². The fourth-order valence-corrected chi connectivity index (χ4v) is 6.18. The number of nitrogens with zero attached hydrogens (tertiary/aromatic N) is 1. The quantitative estimate of drug-likeness (QED) is 0.585. The lowest BCUT2D eigenvalue weighted by atomic mass is 9.91. The smallest absolute Gasteiger partial charge is 0.410 e. The maximum Gasteiger partial charge on any atom is 0.410 e. The largest absolute Gasteiger partial charge is 0.444 e. The summed E-state index contributed by atoms with van der Waals surface area (Å²) >= 11 is 0. The molecule has 0 radical (unpaired) electrons. The van der Waals surface area contributed by atoms with Crippen LogP contribution in [-0.4, -0.2) is 52.8 Å². The molecule has 0 aliphatic carbocycles. The van der Waals surface area contributed by atoms with Gasteiger partial charge in [-0.05, 0) is 47.0 Å². The highest BCUT2D eigenvalue weighted by Crippen LogP contribution is 2.40. The second-order valence-electron chi connectivity index (χ2n) is 7.96. The number of hydrogen-bond donors (Lipinski definition) is 1.